The van der Waals surface area contributed by atoms with Crippen LogP contribution in [0.4, 0.5) is 0 Å². The molecule has 8 N–H and O–H groups in total. The van der Waals surface area contributed by atoms with Crippen LogP contribution in [-0.4, -0.2) is 54.9 Å². The molecule has 0 aliphatic carbocycles. The summed E-state index contributed by atoms with van der Waals surface area (Å²) >= 11 is 0. The first-order valence-electron chi connectivity index (χ1n) is 6.37. The summed E-state index contributed by atoms with van der Waals surface area (Å²) in [5, 5.41) is 18.7. The van der Waals surface area contributed by atoms with Gasteiger partial charge < -0.3 is 27.2 Å². The van der Waals surface area contributed by atoms with E-state index in [0.717, 1.165) is 6.42 Å². The second-order valence-electron chi connectivity index (χ2n) is 4.87. The monoisotopic (exact) mass is 272 g/mol. The number of carbonyl (C=O) groups is 1. The Morgan fingerprint density at radius 3 is 2.84 bits per heavy atom. The molecular weight excluding hydrogens is 248 g/mol. The summed E-state index contributed by atoms with van der Waals surface area (Å²) < 4.78 is 0. The summed E-state index contributed by atoms with van der Waals surface area (Å²) in [6.07, 6.45) is 1.37. The maximum absolute atomic E-state index is 11.9. The highest BCUT2D eigenvalue weighted by Gasteiger charge is 2.36. The Kier molecular flexibility index (Phi) is 5.52. The lowest BCUT2D eigenvalue weighted by Gasteiger charge is -2.38. The van der Waals surface area contributed by atoms with E-state index in [1.165, 1.54) is 0 Å². The van der Waals surface area contributed by atoms with Gasteiger partial charge in [0, 0.05) is 13.1 Å². The fourth-order valence-electron chi connectivity index (χ4n) is 1.93. The molecule has 8 heteroatoms. The van der Waals surface area contributed by atoms with Gasteiger partial charge in [-0.3, -0.25) is 15.1 Å². The minimum absolute atomic E-state index is 0.0613. The molecule has 1 heterocycles. The van der Waals surface area contributed by atoms with E-state index in [0.29, 0.717) is 19.5 Å². The van der Waals surface area contributed by atoms with E-state index in [1.54, 1.807) is 14.0 Å². The Morgan fingerprint density at radius 1 is 1.63 bits per heavy atom. The van der Waals surface area contributed by atoms with Gasteiger partial charge in [-0.05, 0) is 26.8 Å². The molecule has 1 saturated heterocycles. The third kappa shape index (κ3) is 4.66. The Morgan fingerprint density at radius 2 is 2.32 bits per heavy atom. The van der Waals surface area contributed by atoms with Crippen LogP contribution in [0.2, 0.25) is 0 Å². The predicted molar refractivity (Wildman–Crippen MR) is 73.3 cm³/mol. The summed E-state index contributed by atoms with van der Waals surface area (Å²) in [5.41, 5.74) is 9.30. The molecule has 1 amide bonds. The number of aliphatic hydroxyl groups is 1. The van der Waals surface area contributed by atoms with Crippen molar-refractivity contribution in [2.75, 3.05) is 20.1 Å². The molecule has 1 aliphatic heterocycles. The van der Waals surface area contributed by atoms with Crippen molar-refractivity contribution in [3.05, 3.63) is 0 Å². The van der Waals surface area contributed by atoms with E-state index in [-0.39, 0.29) is 24.0 Å². The molecule has 3 atom stereocenters. The number of piperazine rings is 1. The van der Waals surface area contributed by atoms with Crippen molar-refractivity contribution in [2.24, 2.45) is 16.5 Å². The first kappa shape index (κ1) is 15.7. The summed E-state index contributed by atoms with van der Waals surface area (Å²) in [6.45, 7) is 2.64. The Bertz CT molecular complexity index is 340. The second kappa shape index (κ2) is 6.69. The van der Waals surface area contributed by atoms with Crippen molar-refractivity contribution in [1.29, 1.82) is 0 Å². The normalized spacial score (nSPS) is 26.4. The third-order valence-electron chi connectivity index (χ3n) is 3.33. The van der Waals surface area contributed by atoms with Gasteiger partial charge in [-0.25, -0.2) is 0 Å². The maximum atomic E-state index is 11.9. The molecule has 1 unspecified atom stereocenters. The zero-order valence-electron chi connectivity index (χ0n) is 11.4. The molecule has 0 bridgehead atoms. The lowest BCUT2D eigenvalue weighted by Crippen LogP contribution is -2.68. The topological polar surface area (TPSA) is 138 Å². The minimum Gasteiger partial charge on any atom is -0.374 e. The minimum atomic E-state index is -1.13. The highest BCUT2D eigenvalue weighted by atomic mass is 16.3. The summed E-state index contributed by atoms with van der Waals surface area (Å²) in [4.78, 5) is 15.8. The van der Waals surface area contributed by atoms with E-state index < -0.39 is 5.72 Å². The molecule has 0 aromatic rings. The molecule has 0 aromatic heterocycles. The van der Waals surface area contributed by atoms with Gasteiger partial charge in [0.15, 0.2) is 5.96 Å². The van der Waals surface area contributed by atoms with Gasteiger partial charge in [0.2, 0.25) is 5.91 Å². The Balaban J connectivity index is 2.38. The lowest BCUT2D eigenvalue weighted by atomic mass is 10.00. The predicted octanol–water partition coefficient (Wildman–Crippen LogP) is -2.58. The molecule has 0 aromatic carbocycles. The van der Waals surface area contributed by atoms with Crippen LogP contribution in [0.1, 0.15) is 19.8 Å². The number of nitrogens with two attached hydrogens (primary N) is 2. The first-order chi connectivity index (χ1) is 8.86. The molecule has 1 aliphatic rings. The molecule has 110 valence electrons. The van der Waals surface area contributed by atoms with Crippen LogP contribution in [-0.2, 0) is 4.79 Å². The van der Waals surface area contributed by atoms with Crippen molar-refractivity contribution in [3.8, 4) is 0 Å². The van der Waals surface area contributed by atoms with Crippen LogP contribution < -0.4 is 27.4 Å². The highest BCUT2D eigenvalue weighted by Crippen LogP contribution is 2.10. The average Bonchev–Trinajstić information content (AvgIpc) is 2.35. The van der Waals surface area contributed by atoms with Crippen LogP contribution in [0, 0.1) is 0 Å². The summed E-state index contributed by atoms with van der Waals surface area (Å²) in [7, 11) is 1.65. The number of amides is 1. The van der Waals surface area contributed by atoms with E-state index in [2.05, 4.69) is 20.9 Å². The standard InChI is InChI=1S/C11H24N6O2/c1-11(19,14-2)8-6-16-7(9(18)17-8)4-3-5-15-10(12)13/h7-8,14,16,19H,3-6H2,1-2H3,(H,17,18)(H4,12,13,15)/t7-,8+,11?/m0/s1. The van der Waals surface area contributed by atoms with Gasteiger partial charge >= 0.3 is 0 Å². The second-order valence-corrected chi connectivity index (χ2v) is 4.87. The van der Waals surface area contributed by atoms with Crippen LogP contribution in [0.25, 0.3) is 0 Å². The Labute approximate surface area is 113 Å². The van der Waals surface area contributed by atoms with Gasteiger partial charge in [0.05, 0.1) is 12.1 Å². The van der Waals surface area contributed by atoms with E-state index >= 15 is 0 Å². The van der Waals surface area contributed by atoms with E-state index in [9.17, 15) is 9.90 Å². The maximum Gasteiger partial charge on any atom is 0.237 e. The zero-order valence-corrected chi connectivity index (χ0v) is 11.4. The number of rotatable bonds is 6. The third-order valence-corrected chi connectivity index (χ3v) is 3.33. The van der Waals surface area contributed by atoms with Crippen molar-refractivity contribution in [1.82, 2.24) is 16.0 Å². The molecular formula is C11H24N6O2. The molecule has 0 radical (unpaired) electrons. The number of nitrogens with one attached hydrogen (secondary N) is 3. The molecule has 8 nitrogen and oxygen atoms in total. The van der Waals surface area contributed by atoms with Crippen LogP contribution in [0.5, 0.6) is 0 Å². The lowest BCUT2D eigenvalue weighted by molar-refractivity contribution is -0.129. The largest absolute Gasteiger partial charge is 0.374 e. The van der Waals surface area contributed by atoms with Gasteiger partial charge in [-0.2, -0.15) is 0 Å². The SMILES string of the molecule is CNC(C)(O)[C@H]1CN[C@@H](CCCN=C(N)N)C(=O)N1. The number of carbonyl (C=O) groups excluding carboxylic acids is 1. The van der Waals surface area contributed by atoms with Gasteiger partial charge in [-0.1, -0.05) is 0 Å². The van der Waals surface area contributed by atoms with Crippen molar-refractivity contribution >= 4 is 11.9 Å². The van der Waals surface area contributed by atoms with Gasteiger partial charge in [0.25, 0.3) is 0 Å². The first-order valence-corrected chi connectivity index (χ1v) is 6.37. The van der Waals surface area contributed by atoms with Crippen LogP contribution in [0.3, 0.4) is 0 Å². The number of hydrogen-bond donors (Lipinski definition) is 6. The fraction of sp³-hybridized carbons (Fsp3) is 0.818. The quantitative estimate of drug-likeness (QED) is 0.136. The molecule has 0 spiro atoms. The molecule has 0 saturated carbocycles. The number of likely N-dealkylation sites (N-methyl/N-ethyl adjacent to an activating group) is 1. The molecule has 1 rings (SSSR count). The van der Waals surface area contributed by atoms with Crippen molar-refractivity contribution in [2.45, 2.75) is 37.6 Å². The van der Waals surface area contributed by atoms with Crippen LogP contribution >= 0.6 is 0 Å². The summed E-state index contributed by atoms with van der Waals surface area (Å²) in [6, 6.07) is -0.628. The molecule has 1 fully saturated rings. The Hall–Kier alpha value is -1.38. The number of guanidine groups is 1. The van der Waals surface area contributed by atoms with Gasteiger partial charge in [-0.15, -0.1) is 0 Å². The number of nitrogens with zero attached hydrogens (tertiary/aromatic N) is 1. The smallest absolute Gasteiger partial charge is 0.237 e. The highest BCUT2D eigenvalue weighted by molar-refractivity contribution is 5.83. The van der Waals surface area contributed by atoms with E-state index in [1.807, 2.05) is 0 Å². The van der Waals surface area contributed by atoms with Crippen molar-refractivity contribution in [3.63, 3.8) is 0 Å². The summed E-state index contributed by atoms with van der Waals surface area (Å²) in [5.74, 6) is -0.0531. The van der Waals surface area contributed by atoms with E-state index in [4.69, 9.17) is 11.5 Å². The zero-order chi connectivity index (χ0) is 14.5. The van der Waals surface area contributed by atoms with Gasteiger partial charge in [0.1, 0.15) is 5.72 Å². The van der Waals surface area contributed by atoms with Crippen LogP contribution in [0.15, 0.2) is 4.99 Å². The average molecular weight is 272 g/mol. The number of hydrogen-bond acceptors (Lipinski definition) is 5. The fourth-order valence-corrected chi connectivity index (χ4v) is 1.93. The number of aliphatic imine (C=N–C) groups is 1. The molecule has 19 heavy (non-hydrogen) atoms. The van der Waals surface area contributed by atoms with Crippen molar-refractivity contribution < 1.29 is 9.90 Å².